The molecule has 1 amide bonds. The number of oxime groups is 1. The van der Waals surface area contributed by atoms with E-state index in [9.17, 15) is 9.18 Å². The average Bonchev–Trinajstić information content (AvgIpc) is 2.35. The fraction of sp³-hybridized carbons (Fsp3) is 0.333. The standard InChI is InChI=1S/C12H16FN3O2/c1-7-4-5-9(10(13)6-7)12(17)16(3)8(2)11(14)15-18/h4-6,8,18H,1-3H3,(H2,14,15). The number of amidine groups is 1. The highest BCUT2D eigenvalue weighted by Crippen LogP contribution is 2.13. The van der Waals surface area contributed by atoms with Crippen LogP contribution >= 0.6 is 0 Å². The van der Waals surface area contributed by atoms with Gasteiger partial charge in [0, 0.05) is 7.05 Å². The van der Waals surface area contributed by atoms with Crippen LogP contribution in [-0.4, -0.2) is 34.9 Å². The number of rotatable bonds is 3. The Morgan fingerprint density at radius 2 is 2.17 bits per heavy atom. The summed E-state index contributed by atoms with van der Waals surface area (Å²) < 4.78 is 13.6. The smallest absolute Gasteiger partial charge is 0.257 e. The molecule has 98 valence electrons. The van der Waals surface area contributed by atoms with Gasteiger partial charge in [-0.25, -0.2) is 4.39 Å². The molecule has 0 saturated heterocycles. The Morgan fingerprint density at radius 3 is 2.67 bits per heavy atom. The molecule has 6 heteroatoms. The summed E-state index contributed by atoms with van der Waals surface area (Å²) in [6.07, 6.45) is 0. The first-order valence-electron chi connectivity index (χ1n) is 5.39. The van der Waals surface area contributed by atoms with Gasteiger partial charge in [0.15, 0.2) is 5.84 Å². The van der Waals surface area contributed by atoms with Gasteiger partial charge in [0.25, 0.3) is 5.91 Å². The lowest BCUT2D eigenvalue weighted by Gasteiger charge is -2.24. The van der Waals surface area contributed by atoms with E-state index >= 15 is 0 Å². The van der Waals surface area contributed by atoms with E-state index < -0.39 is 17.8 Å². The van der Waals surface area contributed by atoms with Gasteiger partial charge in [0.05, 0.1) is 11.6 Å². The maximum Gasteiger partial charge on any atom is 0.257 e. The zero-order valence-corrected chi connectivity index (χ0v) is 10.5. The van der Waals surface area contributed by atoms with Gasteiger partial charge in [0.1, 0.15) is 5.82 Å². The van der Waals surface area contributed by atoms with Crippen LogP contribution in [0, 0.1) is 12.7 Å². The van der Waals surface area contributed by atoms with Crippen molar-refractivity contribution in [1.29, 1.82) is 0 Å². The molecule has 0 aliphatic heterocycles. The van der Waals surface area contributed by atoms with Gasteiger partial charge in [0.2, 0.25) is 0 Å². The molecule has 0 bridgehead atoms. The highest BCUT2D eigenvalue weighted by Gasteiger charge is 2.22. The number of amides is 1. The number of nitrogens with zero attached hydrogens (tertiary/aromatic N) is 2. The molecule has 1 atom stereocenters. The molecule has 0 aliphatic rings. The molecule has 1 unspecified atom stereocenters. The molecule has 0 saturated carbocycles. The third-order valence-electron chi connectivity index (χ3n) is 2.80. The van der Waals surface area contributed by atoms with E-state index in [0.29, 0.717) is 0 Å². The van der Waals surface area contributed by atoms with Crippen molar-refractivity contribution in [1.82, 2.24) is 4.90 Å². The zero-order chi connectivity index (χ0) is 13.9. The number of carbonyl (C=O) groups excluding carboxylic acids is 1. The summed E-state index contributed by atoms with van der Waals surface area (Å²) in [6.45, 7) is 3.32. The summed E-state index contributed by atoms with van der Waals surface area (Å²) in [5.74, 6) is -1.22. The van der Waals surface area contributed by atoms with E-state index in [1.165, 1.54) is 24.1 Å². The minimum absolute atomic E-state index is 0.0410. The summed E-state index contributed by atoms with van der Waals surface area (Å²) in [5, 5.41) is 11.4. The third kappa shape index (κ3) is 2.77. The van der Waals surface area contributed by atoms with Crippen LogP contribution in [0.15, 0.2) is 23.4 Å². The Morgan fingerprint density at radius 1 is 1.56 bits per heavy atom. The zero-order valence-electron chi connectivity index (χ0n) is 10.5. The predicted octanol–water partition coefficient (Wildman–Crippen LogP) is 1.34. The number of carbonyl (C=O) groups is 1. The number of hydrogen-bond donors (Lipinski definition) is 2. The molecule has 0 radical (unpaired) electrons. The highest BCUT2D eigenvalue weighted by atomic mass is 19.1. The molecule has 0 spiro atoms. The summed E-state index contributed by atoms with van der Waals surface area (Å²) >= 11 is 0. The van der Waals surface area contributed by atoms with Crippen LogP contribution in [0.5, 0.6) is 0 Å². The minimum Gasteiger partial charge on any atom is -0.409 e. The van der Waals surface area contributed by atoms with Crippen LogP contribution in [-0.2, 0) is 0 Å². The van der Waals surface area contributed by atoms with Crippen LogP contribution in [0.2, 0.25) is 0 Å². The van der Waals surface area contributed by atoms with E-state index in [1.807, 2.05) is 0 Å². The molecule has 0 aromatic heterocycles. The topological polar surface area (TPSA) is 78.9 Å². The monoisotopic (exact) mass is 253 g/mol. The second kappa shape index (κ2) is 5.48. The Balaban J connectivity index is 3.00. The number of halogens is 1. The molecule has 3 N–H and O–H groups in total. The van der Waals surface area contributed by atoms with Crippen LogP contribution in [0.25, 0.3) is 0 Å². The van der Waals surface area contributed by atoms with Gasteiger partial charge in [-0.15, -0.1) is 0 Å². The van der Waals surface area contributed by atoms with E-state index in [0.717, 1.165) is 5.56 Å². The summed E-state index contributed by atoms with van der Waals surface area (Å²) in [4.78, 5) is 13.2. The first-order valence-corrected chi connectivity index (χ1v) is 5.39. The van der Waals surface area contributed by atoms with E-state index in [1.54, 1.807) is 19.9 Å². The SMILES string of the molecule is Cc1ccc(C(=O)N(C)C(C)/C(N)=N/O)c(F)c1. The van der Waals surface area contributed by atoms with E-state index in [4.69, 9.17) is 10.9 Å². The van der Waals surface area contributed by atoms with Crippen LogP contribution in [0.4, 0.5) is 4.39 Å². The molecule has 0 fully saturated rings. The number of aryl methyl sites for hydroxylation is 1. The molecule has 0 aliphatic carbocycles. The molecular weight excluding hydrogens is 237 g/mol. The summed E-state index contributed by atoms with van der Waals surface area (Å²) in [7, 11) is 1.46. The summed E-state index contributed by atoms with van der Waals surface area (Å²) in [5.41, 5.74) is 6.10. The number of benzene rings is 1. The van der Waals surface area contributed by atoms with E-state index in [-0.39, 0.29) is 11.4 Å². The minimum atomic E-state index is -0.622. The Labute approximate surface area is 105 Å². The molecule has 1 aromatic rings. The fourth-order valence-electron chi connectivity index (χ4n) is 1.44. The molecule has 1 rings (SSSR count). The Bertz CT molecular complexity index is 488. The van der Waals surface area contributed by atoms with Crippen molar-refractivity contribution in [2.45, 2.75) is 19.9 Å². The van der Waals surface area contributed by atoms with Crippen molar-refractivity contribution in [3.8, 4) is 0 Å². The molecular formula is C12H16FN3O2. The lowest BCUT2D eigenvalue weighted by Crippen LogP contribution is -2.44. The second-order valence-electron chi connectivity index (χ2n) is 4.10. The fourth-order valence-corrected chi connectivity index (χ4v) is 1.44. The van der Waals surface area contributed by atoms with Crippen molar-refractivity contribution >= 4 is 11.7 Å². The third-order valence-corrected chi connectivity index (χ3v) is 2.80. The maximum atomic E-state index is 13.6. The Kier molecular flexibility index (Phi) is 4.25. The Hall–Kier alpha value is -2.11. The van der Waals surface area contributed by atoms with Crippen molar-refractivity contribution in [2.24, 2.45) is 10.9 Å². The normalized spacial score (nSPS) is 13.2. The van der Waals surface area contributed by atoms with Crippen LogP contribution < -0.4 is 5.73 Å². The molecule has 1 aromatic carbocycles. The van der Waals surface area contributed by atoms with Crippen molar-refractivity contribution in [3.63, 3.8) is 0 Å². The number of nitrogens with two attached hydrogens (primary N) is 1. The maximum absolute atomic E-state index is 13.6. The largest absolute Gasteiger partial charge is 0.409 e. The highest BCUT2D eigenvalue weighted by molar-refractivity contribution is 5.98. The number of likely N-dealkylation sites (N-methyl/N-ethyl adjacent to an activating group) is 1. The molecule has 18 heavy (non-hydrogen) atoms. The molecule has 0 heterocycles. The quantitative estimate of drug-likeness (QED) is 0.369. The first-order chi connectivity index (χ1) is 8.38. The number of hydrogen-bond acceptors (Lipinski definition) is 3. The average molecular weight is 253 g/mol. The second-order valence-corrected chi connectivity index (χ2v) is 4.10. The lowest BCUT2D eigenvalue weighted by atomic mass is 10.1. The van der Waals surface area contributed by atoms with E-state index in [2.05, 4.69) is 5.16 Å². The van der Waals surface area contributed by atoms with Crippen LogP contribution in [0.1, 0.15) is 22.8 Å². The predicted molar refractivity (Wildman–Crippen MR) is 66.1 cm³/mol. The van der Waals surface area contributed by atoms with Crippen molar-refractivity contribution in [3.05, 3.63) is 35.1 Å². The van der Waals surface area contributed by atoms with Crippen molar-refractivity contribution < 1.29 is 14.4 Å². The van der Waals surface area contributed by atoms with Crippen LogP contribution in [0.3, 0.4) is 0 Å². The van der Waals surface area contributed by atoms with Gasteiger partial charge in [-0.2, -0.15) is 0 Å². The van der Waals surface area contributed by atoms with Gasteiger partial charge >= 0.3 is 0 Å². The van der Waals surface area contributed by atoms with Gasteiger partial charge in [-0.1, -0.05) is 11.2 Å². The van der Waals surface area contributed by atoms with Crippen molar-refractivity contribution in [2.75, 3.05) is 7.05 Å². The van der Waals surface area contributed by atoms with Gasteiger partial charge < -0.3 is 15.8 Å². The first kappa shape index (κ1) is 14.0. The lowest BCUT2D eigenvalue weighted by molar-refractivity contribution is 0.0771. The molecule has 5 nitrogen and oxygen atoms in total. The summed E-state index contributed by atoms with van der Waals surface area (Å²) in [6, 6.07) is 3.74. The van der Waals surface area contributed by atoms with Gasteiger partial charge in [-0.3, -0.25) is 4.79 Å². The van der Waals surface area contributed by atoms with Gasteiger partial charge in [-0.05, 0) is 31.5 Å².